The van der Waals surface area contributed by atoms with Crippen LogP contribution in [0.2, 0.25) is 0 Å². The van der Waals surface area contributed by atoms with E-state index < -0.39 is 0 Å². The van der Waals surface area contributed by atoms with Gasteiger partial charge in [-0.05, 0) is 27.3 Å². The van der Waals surface area contributed by atoms with Crippen molar-refractivity contribution < 1.29 is 0 Å². The number of hydrogen-bond acceptors (Lipinski definition) is 1. The molecular formula is HBrLiPS. The summed E-state index contributed by atoms with van der Waals surface area (Å²) in [6.45, 7) is 0. The molecule has 0 N–H and O–H groups in total. The first-order chi connectivity index (χ1) is 1.41. The van der Waals surface area contributed by atoms with Crippen LogP contribution in [0.4, 0.5) is 0 Å². The van der Waals surface area contributed by atoms with Gasteiger partial charge in [0.15, 0.2) is 0 Å². The second-order valence-electron chi connectivity index (χ2n) is 0.0690. The van der Waals surface area contributed by atoms with Gasteiger partial charge in [-0.25, -0.2) is 0 Å². The zero-order valence-electron chi connectivity index (χ0n) is 1.23. The van der Waals surface area contributed by atoms with Gasteiger partial charge in [0.25, 0.3) is 0 Å². The summed E-state index contributed by atoms with van der Waals surface area (Å²) in [5, 5.41) is 0. The van der Waals surface area contributed by atoms with Crippen molar-refractivity contribution in [2.45, 2.75) is 0 Å². The van der Waals surface area contributed by atoms with E-state index in [1.807, 2.05) is 0 Å². The minimum atomic E-state index is 0. The van der Waals surface area contributed by atoms with E-state index in [0.29, 0.717) is 0 Å². The SMILES string of the molecule is S=PBr.[LiH]. The molecule has 0 radical (unpaired) electrons. The Morgan fingerprint density at radius 1 is 1.75 bits per heavy atom. The molecule has 0 saturated heterocycles. The van der Waals surface area contributed by atoms with E-state index in [4.69, 9.17) is 0 Å². The number of rotatable bonds is 0. The van der Waals surface area contributed by atoms with Crippen LogP contribution >= 0.6 is 21.5 Å². The zero-order chi connectivity index (χ0) is 2.71. The van der Waals surface area contributed by atoms with Gasteiger partial charge in [0.2, 0.25) is 0 Å². The average Bonchev–Trinajstić information content (AvgIpc) is 0.918. The fraction of sp³-hybridized carbons (Fsp3) is 0. The third-order valence-corrected chi connectivity index (χ3v) is 0. The van der Waals surface area contributed by atoms with Crippen LogP contribution in [0.1, 0.15) is 0 Å². The van der Waals surface area contributed by atoms with E-state index in [1.54, 1.807) is 0 Å². The van der Waals surface area contributed by atoms with Gasteiger partial charge in [-0.15, -0.1) is 0 Å². The maximum atomic E-state index is 4.28. The third kappa shape index (κ3) is 9.51. The van der Waals surface area contributed by atoms with Crippen LogP contribution < -0.4 is 0 Å². The summed E-state index contributed by atoms with van der Waals surface area (Å²) in [6, 6.07) is 0.813. The molecule has 20 valence electrons. The summed E-state index contributed by atoms with van der Waals surface area (Å²) >= 11 is 7.22. The van der Waals surface area contributed by atoms with Gasteiger partial charge in [-0.3, -0.25) is 0 Å². The van der Waals surface area contributed by atoms with E-state index in [2.05, 4.69) is 27.3 Å². The van der Waals surface area contributed by atoms with Gasteiger partial charge in [0.1, 0.15) is 0 Å². The van der Waals surface area contributed by atoms with E-state index >= 15 is 0 Å². The molecule has 0 aromatic carbocycles. The van der Waals surface area contributed by atoms with E-state index in [9.17, 15) is 0 Å². The molecule has 4 heteroatoms. The Morgan fingerprint density at radius 2 is 1.75 bits per heavy atom. The Bertz CT molecular complexity index is 15.5. The Labute approximate surface area is 52.1 Å². The molecule has 0 atom stereocenters. The first-order valence-electron chi connectivity index (χ1n) is 0.352. The molecule has 0 unspecified atom stereocenters. The molecule has 0 aliphatic heterocycles. The molecule has 0 aromatic heterocycles. The molecule has 0 aliphatic rings. The van der Waals surface area contributed by atoms with E-state index in [-0.39, 0.29) is 18.9 Å². The first kappa shape index (κ1) is 9.14. The third-order valence-electron chi connectivity index (χ3n) is 0. The molecule has 0 aliphatic carbocycles. The second kappa shape index (κ2) is 8.82. The summed E-state index contributed by atoms with van der Waals surface area (Å²) < 4.78 is 0. The molecule has 0 heterocycles. The zero-order valence-corrected chi connectivity index (χ0v) is 4.53. The maximum absolute atomic E-state index is 4.28. The van der Waals surface area contributed by atoms with Gasteiger partial charge >= 0.3 is 18.9 Å². The fourth-order valence-electron chi connectivity index (χ4n) is 0. The van der Waals surface area contributed by atoms with Crippen molar-refractivity contribution in [3.63, 3.8) is 0 Å². The summed E-state index contributed by atoms with van der Waals surface area (Å²) in [4.78, 5) is 0. The predicted octanol–water partition coefficient (Wildman–Crippen LogP) is 1.06. The van der Waals surface area contributed by atoms with Crippen molar-refractivity contribution in [2.75, 3.05) is 0 Å². The van der Waals surface area contributed by atoms with Gasteiger partial charge in [-0.1, -0.05) is 0 Å². The molecule has 0 saturated carbocycles. The Hall–Kier alpha value is 1.60. The molecular weight excluding hydrogens is 150 g/mol. The van der Waals surface area contributed by atoms with Crippen molar-refractivity contribution in [1.29, 1.82) is 0 Å². The van der Waals surface area contributed by atoms with Gasteiger partial charge in [0.05, 0.1) is 6.06 Å². The Morgan fingerprint density at radius 3 is 1.75 bits per heavy atom. The minimum absolute atomic E-state index is 0. The first-order valence-corrected chi connectivity index (χ1v) is 4.28. The van der Waals surface area contributed by atoms with Crippen LogP contribution in [0.5, 0.6) is 0 Å². The monoisotopic (exact) mass is 150 g/mol. The van der Waals surface area contributed by atoms with Crippen LogP contribution in [0.15, 0.2) is 0 Å². The molecule has 0 spiro atoms. The van der Waals surface area contributed by atoms with Crippen molar-refractivity contribution in [2.24, 2.45) is 0 Å². The number of hydrogen-bond donors (Lipinski definition) is 0. The Kier molecular flexibility index (Phi) is 20.2. The molecule has 0 amide bonds. The van der Waals surface area contributed by atoms with Crippen molar-refractivity contribution in [1.82, 2.24) is 0 Å². The summed E-state index contributed by atoms with van der Waals surface area (Å²) in [7, 11) is 0. The normalized spacial score (nSPS) is 5.25. The molecule has 0 nitrogen and oxygen atoms in total. The average molecular weight is 151 g/mol. The molecule has 0 aromatic rings. The standard InChI is InChI=1S/BrPS.Li.H/c1-2-3;;. The molecule has 0 bridgehead atoms. The second-order valence-corrected chi connectivity index (χ2v) is 3.23. The van der Waals surface area contributed by atoms with Gasteiger partial charge in [-0.2, -0.15) is 0 Å². The van der Waals surface area contributed by atoms with E-state index in [1.165, 1.54) is 0 Å². The molecule has 0 fully saturated rings. The van der Waals surface area contributed by atoms with Crippen molar-refractivity contribution in [3.8, 4) is 0 Å². The predicted molar refractivity (Wildman–Crippen MR) is 30.4 cm³/mol. The van der Waals surface area contributed by atoms with Crippen LogP contribution in [-0.4, -0.2) is 18.9 Å². The van der Waals surface area contributed by atoms with Gasteiger partial charge in [0, 0.05) is 0 Å². The number of halogens is 1. The molecule has 4 heavy (non-hydrogen) atoms. The van der Waals surface area contributed by atoms with Crippen LogP contribution in [0.3, 0.4) is 0 Å². The quantitative estimate of drug-likeness (QED) is 0.368. The summed E-state index contributed by atoms with van der Waals surface area (Å²) in [6.07, 6.45) is 0. The summed E-state index contributed by atoms with van der Waals surface area (Å²) in [5.74, 6) is 0. The van der Waals surface area contributed by atoms with Crippen LogP contribution in [-0.2, 0) is 11.8 Å². The summed E-state index contributed by atoms with van der Waals surface area (Å²) in [5.41, 5.74) is 0. The van der Waals surface area contributed by atoms with E-state index in [0.717, 1.165) is 6.06 Å². The fourth-order valence-corrected chi connectivity index (χ4v) is 0. The molecule has 0 rings (SSSR count). The van der Waals surface area contributed by atoms with Crippen molar-refractivity contribution in [3.05, 3.63) is 0 Å². The van der Waals surface area contributed by atoms with Crippen LogP contribution in [0.25, 0.3) is 0 Å². The Balaban J connectivity index is 0. The topological polar surface area (TPSA) is 0 Å². The van der Waals surface area contributed by atoms with Crippen molar-refractivity contribution >= 4 is 52.2 Å². The van der Waals surface area contributed by atoms with Gasteiger partial charge < -0.3 is 0 Å². The van der Waals surface area contributed by atoms with Crippen LogP contribution in [0, 0.1) is 0 Å².